The molecule has 0 spiro atoms. The molecule has 0 heteroatoms. The maximum Gasteiger partial charge on any atom is -0.00855 e. The third-order valence-corrected chi connectivity index (χ3v) is 3.27. The molecule has 1 aliphatic carbocycles. The van der Waals surface area contributed by atoms with Gasteiger partial charge in [-0.2, -0.15) is 0 Å². The zero-order chi connectivity index (χ0) is 11.0. The number of hydrogen-bond donors (Lipinski definition) is 0. The van der Waals surface area contributed by atoms with Crippen LogP contribution < -0.4 is 0 Å². The normalized spacial score (nSPS) is 13.4. The van der Waals surface area contributed by atoms with Gasteiger partial charge >= 0.3 is 0 Å². The number of allylic oxidation sites excluding steroid dienone is 2. The van der Waals surface area contributed by atoms with Crippen molar-refractivity contribution in [2.24, 2.45) is 0 Å². The molecule has 2 aromatic rings. The first-order chi connectivity index (χ1) is 7.84. The summed E-state index contributed by atoms with van der Waals surface area (Å²) in [5.41, 5.74) is 6.89. The summed E-state index contributed by atoms with van der Waals surface area (Å²) >= 11 is 0. The highest BCUT2D eigenvalue weighted by Crippen LogP contribution is 2.31. The molecule has 0 heterocycles. The van der Waals surface area contributed by atoms with Gasteiger partial charge in [-0.3, -0.25) is 0 Å². The number of benzene rings is 2. The van der Waals surface area contributed by atoms with Gasteiger partial charge in [-0.15, -0.1) is 0 Å². The zero-order valence-corrected chi connectivity index (χ0v) is 9.40. The molecule has 0 aromatic heterocycles. The highest BCUT2D eigenvalue weighted by atomic mass is 14.2. The predicted octanol–water partition coefficient (Wildman–Crippen LogP) is 4.31. The minimum absolute atomic E-state index is 1.09. The average molecular weight is 206 g/mol. The van der Waals surface area contributed by atoms with Gasteiger partial charge in [-0.05, 0) is 47.2 Å². The quantitative estimate of drug-likeness (QED) is 0.652. The van der Waals surface area contributed by atoms with Crippen LogP contribution in [0, 0.1) is 0 Å². The second-order valence-electron chi connectivity index (χ2n) is 4.33. The van der Waals surface area contributed by atoms with Crippen molar-refractivity contribution in [3.05, 3.63) is 65.7 Å². The molecule has 0 nitrogen and oxygen atoms in total. The van der Waals surface area contributed by atoms with Gasteiger partial charge in [-0.25, -0.2) is 0 Å². The second-order valence-corrected chi connectivity index (χ2v) is 4.33. The highest BCUT2D eigenvalue weighted by molar-refractivity contribution is 5.76. The maximum atomic E-state index is 2.31. The van der Waals surface area contributed by atoms with Crippen LogP contribution in [-0.2, 0) is 6.42 Å². The van der Waals surface area contributed by atoms with Crippen LogP contribution in [0.1, 0.15) is 18.1 Å². The van der Waals surface area contributed by atoms with Crippen molar-refractivity contribution >= 4 is 5.57 Å². The third kappa shape index (κ3) is 1.47. The SMILES string of the molecule is CC1=CCc2ccc(-c3ccccc3)cc21. The van der Waals surface area contributed by atoms with Crippen LogP contribution in [0.25, 0.3) is 16.7 Å². The van der Waals surface area contributed by atoms with Crippen LogP contribution in [0.2, 0.25) is 0 Å². The molecule has 0 amide bonds. The Labute approximate surface area is 96.3 Å². The largest absolute Gasteiger partial charge is 0.0766 e. The van der Waals surface area contributed by atoms with E-state index in [4.69, 9.17) is 0 Å². The summed E-state index contributed by atoms with van der Waals surface area (Å²) in [6.45, 7) is 2.20. The van der Waals surface area contributed by atoms with Crippen LogP contribution in [-0.4, -0.2) is 0 Å². The molecule has 0 bridgehead atoms. The van der Waals surface area contributed by atoms with E-state index in [0.29, 0.717) is 0 Å². The molecule has 0 atom stereocenters. The fourth-order valence-corrected chi connectivity index (χ4v) is 2.30. The molecule has 2 aromatic carbocycles. The van der Waals surface area contributed by atoms with Gasteiger partial charge < -0.3 is 0 Å². The lowest BCUT2D eigenvalue weighted by Crippen LogP contribution is -1.85. The topological polar surface area (TPSA) is 0 Å². The van der Waals surface area contributed by atoms with E-state index in [0.717, 1.165) is 6.42 Å². The van der Waals surface area contributed by atoms with E-state index in [-0.39, 0.29) is 0 Å². The first-order valence-electron chi connectivity index (χ1n) is 5.70. The highest BCUT2D eigenvalue weighted by Gasteiger charge is 2.11. The Balaban J connectivity index is 2.11. The number of hydrogen-bond acceptors (Lipinski definition) is 0. The van der Waals surface area contributed by atoms with Gasteiger partial charge in [0.05, 0.1) is 0 Å². The maximum absolute atomic E-state index is 2.31. The molecule has 3 rings (SSSR count). The Morgan fingerprint density at radius 2 is 1.69 bits per heavy atom. The molecule has 0 fully saturated rings. The monoisotopic (exact) mass is 206 g/mol. The van der Waals surface area contributed by atoms with Crippen molar-refractivity contribution in [2.45, 2.75) is 13.3 Å². The summed E-state index contributed by atoms with van der Waals surface area (Å²) in [6.07, 6.45) is 3.40. The van der Waals surface area contributed by atoms with E-state index in [1.54, 1.807) is 0 Å². The lowest BCUT2D eigenvalue weighted by Gasteiger charge is -2.06. The summed E-state index contributed by atoms with van der Waals surface area (Å²) in [5, 5.41) is 0. The molecule has 78 valence electrons. The third-order valence-electron chi connectivity index (χ3n) is 3.27. The van der Waals surface area contributed by atoms with Crippen molar-refractivity contribution < 1.29 is 0 Å². The second kappa shape index (κ2) is 3.64. The molecule has 0 saturated heterocycles. The van der Waals surface area contributed by atoms with Crippen molar-refractivity contribution in [3.8, 4) is 11.1 Å². The average Bonchev–Trinajstić information content (AvgIpc) is 2.72. The van der Waals surface area contributed by atoms with Crippen LogP contribution in [0.3, 0.4) is 0 Å². The fourth-order valence-electron chi connectivity index (χ4n) is 2.30. The van der Waals surface area contributed by atoms with E-state index in [2.05, 4.69) is 61.5 Å². The molecule has 0 unspecified atom stereocenters. The van der Waals surface area contributed by atoms with Gasteiger partial charge in [-0.1, -0.05) is 48.5 Å². The lowest BCUT2D eigenvalue weighted by molar-refractivity contribution is 1.31. The van der Waals surface area contributed by atoms with Gasteiger partial charge in [0.15, 0.2) is 0 Å². The Kier molecular flexibility index (Phi) is 2.14. The van der Waals surface area contributed by atoms with E-state index in [1.807, 2.05) is 0 Å². The van der Waals surface area contributed by atoms with E-state index >= 15 is 0 Å². The summed E-state index contributed by atoms with van der Waals surface area (Å²) in [4.78, 5) is 0. The van der Waals surface area contributed by atoms with Crippen LogP contribution in [0.4, 0.5) is 0 Å². The summed E-state index contributed by atoms with van der Waals surface area (Å²) < 4.78 is 0. The first kappa shape index (κ1) is 9.41. The Morgan fingerprint density at radius 1 is 0.875 bits per heavy atom. The minimum atomic E-state index is 1.09. The molecular weight excluding hydrogens is 192 g/mol. The molecular formula is C16H14. The van der Waals surface area contributed by atoms with E-state index in [1.165, 1.54) is 27.8 Å². The van der Waals surface area contributed by atoms with Gasteiger partial charge in [0.2, 0.25) is 0 Å². The predicted molar refractivity (Wildman–Crippen MR) is 69.2 cm³/mol. The smallest absolute Gasteiger partial charge is 0.00855 e. The standard InChI is InChI=1S/C16H14/c1-12-7-8-14-9-10-15(11-16(12)14)13-5-3-2-4-6-13/h2-7,9-11H,8H2,1H3. The Morgan fingerprint density at radius 3 is 2.50 bits per heavy atom. The minimum Gasteiger partial charge on any atom is -0.0766 e. The van der Waals surface area contributed by atoms with Crippen molar-refractivity contribution in [3.63, 3.8) is 0 Å². The Bertz CT molecular complexity index is 548. The number of rotatable bonds is 1. The molecule has 0 radical (unpaired) electrons. The molecule has 1 aliphatic rings. The Hall–Kier alpha value is -1.82. The summed E-state index contributed by atoms with van der Waals surface area (Å²) in [6, 6.07) is 17.3. The van der Waals surface area contributed by atoms with Crippen LogP contribution in [0.15, 0.2) is 54.6 Å². The van der Waals surface area contributed by atoms with Gasteiger partial charge in [0.1, 0.15) is 0 Å². The van der Waals surface area contributed by atoms with E-state index in [9.17, 15) is 0 Å². The fraction of sp³-hybridized carbons (Fsp3) is 0.125. The molecule has 0 N–H and O–H groups in total. The van der Waals surface area contributed by atoms with Crippen molar-refractivity contribution in [2.75, 3.05) is 0 Å². The molecule has 16 heavy (non-hydrogen) atoms. The first-order valence-corrected chi connectivity index (χ1v) is 5.70. The van der Waals surface area contributed by atoms with Crippen LogP contribution in [0.5, 0.6) is 0 Å². The molecule has 0 aliphatic heterocycles. The zero-order valence-electron chi connectivity index (χ0n) is 9.40. The lowest BCUT2D eigenvalue weighted by atomic mass is 9.99. The summed E-state index contributed by atoms with van der Waals surface area (Å²) in [5.74, 6) is 0. The van der Waals surface area contributed by atoms with Gasteiger partial charge in [0.25, 0.3) is 0 Å². The van der Waals surface area contributed by atoms with Crippen molar-refractivity contribution in [1.29, 1.82) is 0 Å². The van der Waals surface area contributed by atoms with Gasteiger partial charge in [0, 0.05) is 0 Å². The van der Waals surface area contributed by atoms with E-state index < -0.39 is 0 Å². The summed E-state index contributed by atoms with van der Waals surface area (Å²) in [7, 11) is 0. The van der Waals surface area contributed by atoms with Crippen molar-refractivity contribution in [1.82, 2.24) is 0 Å². The number of fused-ring (bicyclic) bond motifs is 1. The molecule has 0 saturated carbocycles. The van der Waals surface area contributed by atoms with Crippen LogP contribution >= 0.6 is 0 Å².